The fourth-order valence-corrected chi connectivity index (χ4v) is 1.46. The van der Waals surface area contributed by atoms with Gasteiger partial charge in [-0.1, -0.05) is 18.2 Å². The van der Waals surface area contributed by atoms with Crippen molar-refractivity contribution in [2.75, 3.05) is 26.0 Å². The molecule has 0 fully saturated rings. The lowest BCUT2D eigenvalue weighted by Gasteiger charge is -2.14. The number of hydrogen-bond acceptors (Lipinski definition) is 3. The van der Waals surface area contributed by atoms with Gasteiger partial charge in [-0.15, -0.1) is 0 Å². The lowest BCUT2D eigenvalue weighted by molar-refractivity contribution is -0.116. The average Bonchev–Trinajstić information content (AvgIpc) is 2.20. The molecule has 0 radical (unpaired) electrons. The smallest absolute Gasteiger partial charge is 0.225 e. The highest BCUT2D eigenvalue weighted by atomic mass is 16.1. The molecule has 0 heterocycles. The highest BCUT2D eigenvalue weighted by Gasteiger charge is 2.06. The number of nitrogens with zero attached hydrogens (tertiary/aromatic N) is 1. The van der Waals surface area contributed by atoms with Crippen LogP contribution in [-0.2, 0) is 11.3 Å². The number of benzene rings is 1. The van der Waals surface area contributed by atoms with Crippen molar-refractivity contribution in [1.82, 2.24) is 4.90 Å². The van der Waals surface area contributed by atoms with Crippen LogP contribution in [0.25, 0.3) is 0 Å². The van der Waals surface area contributed by atoms with Gasteiger partial charge in [0, 0.05) is 25.2 Å². The van der Waals surface area contributed by atoms with E-state index in [1.165, 1.54) is 0 Å². The molecular weight excluding hydrogens is 202 g/mol. The van der Waals surface area contributed by atoms with Gasteiger partial charge in [0.2, 0.25) is 5.91 Å². The lowest BCUT2D eigenvalue weighted by atomic mass is 10.1. The van der Waals surface area contributed by atoms with E-state index < -0.39 is 0 Å². The topological polar surface area (TPSA) is 58.4 Å². The zero-order chi connectivity index (χ0) is 12.0. The largest absolute Gasteiger partial charge is 0.330 e. The van der Waals surface area contributed by atoms with E-state index >= 15 is 0 Å². The summed E-state index contributed by atoms with van der Waals surface area (Å²) in [6.07, 6.45) is 0.357. The molecule has 4 nitrogen and oxygen atoms in total. The van der Waals surface area contributed by atoms with Crippen LogP contribution in [0.5, 0.6) is 0 Å². The van der Waals surface area contributed by atoms with Crippen molar-refractivity contribution in [2.45, 2.75) is 13.0 Å². The maximum absolute atomic E-state index is 11.4. The summed E-state index contributed by atoms with van der Waals surface area (Å²) in [6.45, 7) is 1.18. The van der Waals surface area contributed by atoms with E-state index in [1.807, 2.05) is 38.4 Å². The van der Waals surface area contributed by atoms with Crippen molar-refractivity contribution in [2.24, 2.45) is 5.73 Å². The molecule has 0 aromatic heterocycles. The number of rotatable bonds is 5. The van der Waals surface area contributed by atoms with Gasteiger partial charge in [0.1, 0.15) is 0 Å². The summed E-state index contributed by atoms with van der Waals surface area (Å²) in [5.74, 6) is -0.0336. The Hall–Kier alpha value is -1.39. The number of amides is 1. The van der Waals surface area contributed by atoms with Crippen LogP contribution in [0.4, 0.5) is 5.69 Å². The van der Waals surface area contributed by atoms with Gasteiger partial charge in [0.15, 0.2) is 0 Å². The zero-order valence-electron chi connectivity index (χ0n) is 9.86. The molecule has 4 heteroatoms. The number of anilines is 1. The Morgan fingerprint density at radius 3 is 2.69 bits per heavy atom. The third-order valence-corrected chi connectivity index (χ3v) is 2.15. The number of hydrogen-bond donors (Lipinski definition) is 2. The highest BCUT2D eigenvalue weighted by molar-refractivity contribution is 5.91. The Morgan fingerprint density at radius 1 is 1.38 bits per heavy atom. The number of nitrogens with one attached hydrogen (secondary N) is 1. The van der Waals surface area contributed by atoms with Crippen molar-refractivity contribution < 1.29 is 4.79 Å². The highest BCUT2D eigenvalue weighted by Crippen LogP contribution is 2.16. The minimum absolute atomic E-state index is 0.0336. The monoisotopic (exact) mass is 221 g/mol. The van der Waals surface area contributed by atoms with Gasteiger partial charge in [-0.05, 0) is 25.7 Å². The van der Waals surface area contributed by atoms with Crippen molar-refractivity contribution in [3.05, 3.63) is 29.8 Å². The normalized spacial score (nSPS) is 10.5. The predicted molar refractivity (Wildman–Crippen MR) is 66.1 cm³/mol. The average molecular weight is 221 g/mol. The lowest BCUT2D eigenvalue weighted by Crippen LogP contribution is -2.18. The maximum Gasteiger partial charge on any atom is 0.225 e. The molecule has 0 aliphatic carbocycles. The van der Waals surface area contributed by atoms with Crippen LogP contribution >= 0.6 is 0 Å². The molecule has 1 amide bonds. The standard InChI is InChI=1S/C12H19N3O/c1-15(2)9-10-5-3-4-6-11(10)14-12(16)7-8-13/h3-6H,7-9,13H2,1-2H3,(H,14,16). The maximum atomic E-state index is 11.4. The summed E-state index contributed by atoms with van der Waals surface area (Å²) in [5, 5.41) is 2.87. The number of para-hydroxylation sites is 1. The van der Waals surface area contributed by atoms with E-state index in [2.05, 4.69) is 10.2 Å². The van der Waals surface area contributed by atoms with Gasteiger partial charge < -0.3 is 16.0 Å². The van der Waals surface area contributed by atoms with Crippen LogP contribution < -0.4 is 11.1 Å². The van der Waals surface area contributed by atoms with Gasteiger partial charge >= 0.3 is 0 Å². The SMILES string of the molecule is CN(C)Cc1ccccc1NC(=O)CCN. The summed E-state index contributed by atoms with van der Waals surface area (Å²) in [4.78, 5) is 13.5. The van der Waals surface area contributed by atoms with Crippen LogP contribution in [0.1, 0.15) is 12.0 Å². The zero-order valence-corrected chi connectivity index (χ0v) is 9.86. The van der Waals surface area contributed by atoms with Crippen molar-refractivity contribution in [1.29, 1.82) is 0 Å². The molecule has 3 N–H and O–H groups in total. The molecule has 16 heavy (non-hydrogen) atoms. The van der Waals surface area contributed by atoms with E-state index in [0.29, 0.717) is 13.0 Å². The first kappa shape index (κ1) is 12.7. The van der Waals surface area contributed by atoms with Crippen LogP contribution in [-0.4, -0.2) is 31.4 Å². The van der Waals surface area contributed by atoms with E-state index in [9.17, 15) is 4.79 Å². The van der Waals surface area contributed by atoms with Crippen molar-refractivity contribution >= 4 is 11.6 Å². The quantitative estimate of drug-likeness (QED) is 0.781. The van der Waals surface area contributed by atoms with E-state index in [4.69, 9.17) is 5.73 Å². The first-order valence-electron chi connectivity index (χ1n) is 5.36. The molecule has 0 aliphatic heterocycles. The molecule has 0 saturated heterocycles. The minimum Gasteiger partial charge on any atom is -0.330 e. The molecule has 0 aliphatic rings. The Morgan fingerprint density at radius 2 is 2.06 bits per heavy atom. The number of nitrogens with two attached hydrogens (primary N) is 1. The second-order valence-corrected chi connectivity index (χ2v) is 3.98. The van der Waals surface area contributed by atoms with Crippen molar-refractivity contribution in [3.63, 3.8) is 0 Å². The van der Waals surface area contributed by atoms with E-state index in [0.717, 1.165) is 17.8 Å². The minimum atomic E-state index is -0.0336. The Kier molecular flexibility index (Phi) is 4.95. The number of carbonyl (C=O) groups excluding carboxylic acids is 1. The van der Waals surface area contributed by atoms with Gasteiger partial charge in [-0.2, -0.15) is 0 Å². The molecule has 0 atom stereocenters. The van der Waals surface area contributed by atoms with Crippen LogP contribution in [0.2, 0.25) is 0 Å². The van der Waals surface area contributed by atoms with Crippen molar-refractivity contribution in [3.8, 4) is 0 Å². The first-order chi connectivity index (χ1) is 7.63. The second kappa shape index (κ2) is 6.25. The Balaban J connectivity index is 2.74. The first-order valence-corrected chi connectivity index (χ1v) is 5.36. The molecule has 0 bridgehead atoms. The Labute approximate surface area is 96.4 Å². The third-order valence-electron chi connectivity index (χ3n) is 2.15. The second-order valence-electron chi connectivity index (χ2n) is 3.98. The van der Waals surface area contributed by atoms with E-state index in [1.54, 1.807) is 0 Å². The van der Waals surface area contributed by atoms with Crippen LogP contribution in [0, 0.1) is 0 Å². The fraction of sp³-hybridized carbons (Fsp3) is 0.417. The molecule has 0 unspecified atom stereocenters. The summed E-state index contributed by atoms with van der Waals surface area (Å²) < 4.78 is 0. The molecule has 1 aromatic carbocycles. The van der Waals surface area contributed by atoms with E-state index in [-0.39, 0.29) is 5.91 Å². The Bertz CT molecular complexity index is 350. The molecular formula is C12H19N3O. The summed E-state index contributed by atoms with van der Waals surface area (Å²) in [6, 6.07) is 7.81. The third kappa shape index (κ3) is 4.00. The van der Waals surface area contributed by atoms with Crippen LogP contribution in [0.3, 0.4) is 0 Å². The van der Waals surface area contributed by atoms with Gasteiger partial charge in [0.25, 0.3) is 0 Å². The predicted octanol–water partition coefficient (Wildman–Crippen LogP) is 1.04. The molecule has 1 aromatic rings. The van der Waals surface area contributed by atoms with Gasteiger partial charge in [-0.25, -0.2) is 0 Å². The molecule has 0 spiro atoms. The van der Waals surface area contributed by atoms with Gasteiger partial charge in [0.05, 0.1) is 0 Å². The summed E-state index contributed by atoms with van der Waals surface area (Å²) in [7, 11) is 4.00. The molecule has 0 saturated carbocycles. The summed E-state index contributed by atoms with van der Waals surface area (Å²) >= 11 is 0. The summed E-state index contributed by atoms with van der Waals surface area (Å²) in [5.41, 5.74) is 7.31. The number of carbonyl (C=O) groups is 1. The molecule has 88 valence electrons. The fourth-order valence-electron chi connectivity index (χ4n) is 1.46. The van der Waals surface area contributed by atoms with Crippen LogP contribution in [0.15, 0.2) is 24.3 Å². The van der Waals surface area contributed by atoms with Gasteiger partial charge in [-0.3, -0.25) is 4.79 Å². The molecule has 1 rings (SSSR count).